The van der Waals surface area contributed by atoms with E-state index in [0.717, 1.165) is 62.7 Å². The summed E-state index contributed by atoms with van der Waals surface area (Å²) in [5.74, 6) is 0. The van der Waals surface area contributed by atoms with Gasteiger partial charge in [-0.25, -0.2) is 0 Å². The molecule has 0 aliphatic rings. The summed E-state index contributed by atoms with van der Waals surface area (Å²) < 4.78 is 0. The van der Waals surface area contributed by atoms with Crippen molar-refractivity contribution in [1.29, 1.82) is 0 Å². The molecule has 0 radical (unpaired) electrons. The second-order valence-electron chi connectivity index (χ2n) is 7.33. The zero-order valence-electron chi connectivity index (χ0n) is 15.8. The lowest BCUT2D eigenvalue weighted by Crippen LogP contribution is -2.18. The van der Waals surface area contributed by atoms with E-state index in [0.29, 0.717) is 0 Å². The number of rotatable bonds is 18. The van der Waals surface area contributed by atoms with Crippen LogP contribution in [0.15, 0.2) is 0 Å². The Morgan fingerprint density at radius 2 is 0.519 bits per heavy atom. The van der Waals surface area contributed by atoms with Gasteiger partial charge in [-0.3, -0.25) is 0 Å². The van der Waals surface area contributed by atoms with Crippen molar-refractivity contribution in [3.8, 4) is 0 Å². The molecule has 0 heterocycles. The third-order valence-electron chi connectivity index (χ3n) is 4.51. The van der Waals surface area contributed by atoms with Crippen molar-refractivity contribution in [2.24, 2.45) is 0 Å². The number of hydrogen-bond acceptors (Lipinski definition) is 0. The lowest BCUT2D eigenvalue weighted by atomic mass is 10.1. The molecule has 11 heteroatoms. The molecule has 0 bridgehead atoms. The normalized spacial score (nSPS) is 13.3. The average molecular weight is 592 g/mol. The van der Waals surface area contributed by atoms with Crippen LogP contribution in [0.2, 0.25) is 24.2 Å². The molecule has 0 saturated carbocycles. The highest BCUT2D eigenvalue weighted by atomic mass is 35.8. The molecule has 0 fully saturated rings. The zero-order chi connectivity index (χ0) is 20.8. The predicted molar refractivity (Wildman–Crippen MR) is 139 cm³/mol. The first-order chi connectivity index (χ1) is 12.4. The van der Waals surface area contributed by atoms with Crippen LogP contribution in [0.1, 0.15) is 77.0 Å². The molecule has 0 aliphatic carbocycles. The molecule has 0 N–H and O–H groups in total. The molecule has 0 atom stereocenters. The van der Waals surface area contributed by atoms with E-state index in [1.54, 1.807) is 0 Å². The van der Waals surface area contributed by atoms with Crippen LogP contribution in [0, 0.1) is 0 Å². The Balaban J connectivity index is 3.45. The van der Waals surface area contributed by atoms with Gasteiger partial charge in [0.2, 0.25) is 0 Å². The minimum Gasteiger partial charge on any atom is -0.146 e. The molecule has 0 nitrogen and oxygen atoms in total. The van der Waals surface area contributed by atoms with E-state index in [1.807, 2.05) is 0 Å². The summed E-state index contributed by atoms with van der Waals surface area (Å²) in [4.78, 5) is 0. The largest absolute Gasteiger partial charge is 0.341 e. The standard InChI is InChI=1S/C16H32Cl8Si3/c17-25(18,13-9-5-1-3-7-11-15-26(19,20)21)14-10-6-2-4-8-12-16-27(22,23)24/h1-16H2. The van der Waals surface area contributed by atoms with Crippen molar-refractivity contribution >= 4 is 107 Å². The molecule has 0 aliphatic heterocycles. The fraction of sp³-hybridized carbons (Fsp3) is 1.00. The lowest BCUT2D eigenvalue weighted by Gasteiger charge is -2.16. The summed E-state index contributed by atoms with van der Waals surface area (Å²) in [6, 6.07) is -1.29. The third-order valence-corrected chi connectivity index (χ3v) is 14.2. The molecule has 27 heavy (non-hydrogen) atoms. The van der Waals surface area contributed by atoms with Gasteiger partial charge < -0.3 is 0 Å². The van der Waals surface area contributed by atoms with Crippen LogP contribution < -0.4 is 0 Å². The van der Waals surface area contributed by atoms with Gasteiger partial charge in [-0.2, -0.15) is 0 Å². The maximum Gasteiger partial charge on any atom is 0.341 e. The van der Waals surface area contributed by atoms with Crippen molar-refractivity contribution in [3.05, 3.63) is 0 Å². The van der Waals surface area contributed by atoms with E-state index in [2.05, 4.69) is 0 Å². The molecule has 0 unspecified atom stereocenters. The quantitative estimate of drug-likeness (QED) is 0.0844. The minimum absolute atomic E-state index is 0.770. The Morgan fingerprint density at radius 3 is 0.778 bits per heavy atom. The van der Waals surface area contributed by atoms with Crippen molar-refractivity contribution in [2.75, 3.05) is 0 Å². The molecule has 0 aromatic rings. The fourth-order valence-corrected chi connectivity index (χ4v) is 10.1. The van der Waals surface area contributed by atoms with Crippen LogP contribution in [-0.4, -0.2) is 18.7 Å². The molecule has 0 saturated heterocycles. The van der Waals surface area contributed by atoms with E-state index < -0.39 is 18.7 Å². The van der Waals surface area contributed by atoms with Crippen LogP contribution >= 0.6 is 88.6 Å². The van der Waals surface area contributed by atoms with Gasteiger partial charge in [0.25, 0.3) is 6.69 Å². The Bertz CT molecular complexity index is 327. The number of hydrogen-bond donors (Lipinski definition) is 0. The number of unbranched alkanes of at least 4 members (excludes halogenated alkanes) is 10. The Hall–Kier alpha value is 2.97. The first-order valence-electron chi connectivity index (χ1n) is 9.93. The van der Waals surface area contributed by atoms with Gasteiger partial charge >= 0.3 is 12.0 Å². The summed E-state index contributed by atoms with van der Waals surface area (Å²) in [7, 11) is 0. The lowest BCUT2D eigenvalue weighted by molar-refractivity contribution is 0.617. The van der Waals surface area contributed by atoms with Crippen LogP contribution in [-0.2, 0) is 0 Å². The van der Waals surface area contributed by atoms with E-state index in [9.17, 15) is 0 Å². The maximum atomic E-state index is 6.59. The van der Waals surface area contributed by atoms with Gasteiger partial charge in [0, 0.05) is 0 Å². The summed E-state index contributed by atoms with van der Waals surface area (Å²) in [6.45, 7) is -2.05. The molecular formula is C16H32Cl8Si3. The fourth-order valence-electron chi connectivity index (χ4n) is 2.96. The van der Waals surface area contributed by atoms with E-state index in [1.165, 1.54) is 38.5 Å². The predicted octanol–water partition coefficient (Wildman–Crippen LogP) is 10.9. The first-order valence-corrected chi connectivity index (χ1v) is 24.8. The maximum absolute atomic E-state index is 6.59. The summed E-state index contributed by atoms with van der Waals surface area (Å²) in [5.41, 5.74) is 0. The van der Waals surface area contributed by atoms with Gasteiger partial charge in [-0.1, -0.05) is 77.0 Å². The average Bonchev–Trinajstić information content (AvgIpc) is 2.50. The molecular weight excluding hydrogens is 560 g/mol. The first kappa shape index (κ1) is 30.0. The van der Waals surface area contributed by atoms with Gasteiger partial charge in [-0.15, -0.1) is 88.6 Å². The molecule has 0 spiro atoms. The van der Waals surface area contributed by atoms with Gasteiger partial charge in [0.1, 0.15) is 0 Å². The van der Waals surface area contributed by atoms with Crippen molar-refractivity contribution in [1.82, 2.24) is 0 Å². The monoisotopic (exact) mass is 588 g/mol. The van der Waals surface area contributed by atoms with E-state index in [4.69, 9.17) is 88.6 Å². The SMILES string of the molecule is Cl[Si](Cl)(Cl)CCCCCCCC[Si](Cl)(Cl)CCCCCCCC[Si](Cl)(Cl)Cl. The Kier molecular flexibility index (Phi) is 18.4. The van der Waals surface area contributed by atoms with Crippen molar-refractivity contribution in [2.45, 2.75) is 101 Å². The molecule has 0 aromatic carbocycles. The second-order valence-corrected chi connectivity index (χ2v) is 33.5. The third kappa shape index (κ3) is 25.1. The summed E-state index contributed by atoms with van der Waals surface area (Å²) >= 11 is 48.4. The van der Waals surface area contributed by atoms with Crippen LogP contribution in [0.5, 0.6) is 0 Å². The molecule has 0 amide bonds. The Labute approximate surface area is 206 Å². The van der Waals surface area contributed by atoms with Gasteiger partial charge in [0.05, 0.1) is 0 Å². The minimum atomic E-state index is -2.42. The van der Waals surface area contributed by atoms with Gasteiger partial charge in [0.15, 0.2) is 0 Å². The highest BCUT2D eigenvalue weighted by molar-refractivity contribution is 7.65. The van der Waals surface area contributed by atoms with Crippen molar-refractivity contribution < 1.29 is 0 Å². The summed E-state index contributed by atoms with van der Waals surface area (Å²) in [5, 5.41) is 0. The van der Waals surface area contributed by atoms with Gasteiger partial charge in [-0.05, 0) is 24.2 Å². The molecule has 0 aromatic heterocycles. The van der Waals surface area contributed by atoms with Crippen LogP contribution in [0.3, 0.4) is 0 Å². The topological polar surface area (TPSA) is 0 Å². The Morgan fingerprint density at radius 1 is 0.296 bits per heavy atom. The second kappa shape index (κ2) is 16.6. The highest BCUT2D eigenvalue weighted by Gasteiger charge is 2.27. The van der Waals surface area contributed by atoms with E-state index >= 15 is 0 Å². The zero-order valence-corrected chi connectivity index (χ0v) is 24.9. The van der Waals surface area contributed by atoms with E-state index in [-0.39, 0.29) is 0 Å². The molecule has 0 rings (SSSR count). The van der Waals surface area contributed by atoms with Crippen molar-refractivity contribution in [3.63, 3.8) is 0 Å². The smallest absolute Gasteiger partial charge is 0.146 e. The highest BCUT2D eigenvalue weighted by Crippen LogP contribution is 2.32. The summed E-state index contributed by atoms with van der Waals surface area (Å²) in [6.07, 6.45) is 13.9. The van der Waals surface area contributed by atoms with Crippen LogP contribution in [0.4, 0.5) is 0 Å². The van der Waals surface area contributed by atoms with Crippen LogP contribution in [0.25, 0.3) is 0 Å². The number of halogens is 8. The molecule has 164 valence electrons.